The van der Waals surface area contributed by atoms with Crippen molar-refractivity contribution in [2.45, 2.75) is 33.2 Å². The van der Waals surface area contributed by atoms with Gasteiger partial charge in [0.2, 0.25) is 0 Å². The van der Waals surface area contributed by atoms with Gasteiger partial charge in [-0.2, -0.15) is 0 Å². The molecule has 0 aliphatic rings. The summed E-state index contributed by atoms with van der Waals surface area (Å²) >= 11 is 0. The molecule has 0 aliphatic heterocycles. The van der Waals surface area contributed by atoms with Crippen LogP contribution in [-0.4, -0.2) is 11.8 Å². The molecule has 0 fully saturated rings. The molecule has 0 spiro atoms. The molecular formula is C13H17F2NO. The number of hydrogen-bond acceptors (Lipinski definition) is 2. The van der Waals surface area contributed by atoms with E-state index in [-0.39, 0.29) is 17.4 Å². The molecule has 4 heteroatoms. The quantitative estimate of drug-likeness (QED) is 0.827. The Morgan fingerprint density at radius 1 is 1.35 bits per heavy atom. The van der Waals surface area contributed by atoms with E-state index in [0.717, 1.165) is 6.07 Å². The first-order valence-electron chi connectivity index (χ1n) is 5.46. The standard InChI is InChI=1S/C13H17F2NO/c1-13(2,3)11(16)7-10(17)8-5-4-6-9(14)12(8)15/h4-6,11H,7,16H2,1-3H3. The van der Waals surface area contributed by atoms with Crippen molar-refractivity contribution in [1.82, 2.24) is 0 Å². The maximum atomic E-state index is 13.4. The molecular weight excluding hydrogens is 224 g/mol. The lowest BCUT2D eigenvalue weighted by atomic mass is 9.83. The number of halogens is 2. The van der Waals surface area contributed by atoms with E-state index >= 15 is 0 Å². The number of benzene rings is 1. The van der Waals surface area contributed by atoms with E-state index in [0.29, 0.717) is 0 Å². The fraction of sp³-hybridized carbons (Fsp3) is 0.462. The minimum Gasteiger partial charge on any atom is -0.327 e. The molecule has 17 heavy (non-hydrogen) atoms. The third-order valence-corrected chi connectivity index (χ3v) is 2.77. The minimum atomic E-state index is -1.10. The van der Waals surface area contributed by atoms with Crippen molar-refractivity contribution in [1.29, 1.82) is 0 Å². The van der Waals surface area contributed by atoms with Gasteiger partial charge in [0, 0.05) is 12.5 Å². The molecule has 1 rings (SSSR count). The lowest BCUT2D eigenvalue weighted by Gasteiger charge is -2.26. The van der Waals surface area contributed by atoms with Crippen LogP contribution in [0.4, 0.5) is 8.78 Å². The predicted molar refractivity (Wildman–Crippen MR) is 62.7 cm³/mol. The zero-order valence-electron chi connectivity index (χ0n) is 10.3. The first kappa shape index (κ1) is 13.8. The zero-order valence-corrected chi connectivity index (χ0v) is 10.3. The molecule has 0 aliphatic carbocycles. The molecule has 2 N–H and O–H groups in total. The fourth-order valence-electron chi connectivity index (χ4n) is 1.34. The number of ketones is 1. The molecule has 0 amide bonds. The van der Waals surface area contributed by atoms with Crippen molar-refractivity contribution in [3.63, 3.8) is 0 Å². The van der Waals surface area contributed by atoms with Gasteiger partial charge in [-0.15, -0.1) is 0 Å². The van der Waals surface area contributed by atoms with Crippen molar-refractivity contribution in [2.24, 2.45) is 11.1 Å². The molecule has 0 radical (unpaired) electrons. The van der Waals surface area contributed by atoms with Crippen molar-refractivity contribution in [3.8, 4) is 0 Å². The summed E-state index contributed by atoms with van der Waals surface area (Å²) in [7, 11) is 0. The summed E-state index contributed by atoms with van der Waals surface area (Å²) in [5.74, 6) is -2.58. The molecule has 0 aromatic heterocycles. The number of carbonyl (C=O) groups is 1. The summed E-state index contributed by atoms with van der Waals surface area (Å²) < 4.78 is 26.3. The van der Waals surface area contributed by atoms with Gasteiger partial charge in [0.1, 0.15) is 0 Å². The largest absolute Gasteiger partial charge is 0.327 e. The van der Waals surface area contributed by atoms with Crippen LogP contribution >= 0.6 is 0 Å². The van der Waals surface area contributed by atoms with Crippen LogP contribution < -0.4 is 5.73 Å². The topological polar surface area (TPSA) is 43.1 Å². The van der Waals surface area contributed by atoms with Gasteiger partial charge < -0.3 is 5.73 Å². The average Bonchev–Trinajstić information content (AvgIpc) is 2.20. The zero-order chi connectivity index (χ0) is 13.2. The van der Waals surface area contributed by atoms with Crippen LogP contribution in [0.15, 0.2) is 18.2 Å². The Bertz CT molecular complexity index is 424. The monoisotopic (exact) mass is 241 g/mol. The van der Waals surface area contributed by atoms with E-state index in [1.165, 1.54) is 12.1 Å². The van der Waals surface area contributed by atoms with E-state index in [4.69, 9.17) is 5.73 Å². The van der Waals surface area contributed by atoms with Crippen LogP contribution in [0.5, 0.6) is 0 Å². The number of Topliss-reactive ketones (excluding diaryl/α,β-unsaturated/α-hetero) is 1. The third kappa shape index (κ3) is 3.33. The highest BCUT2D eigenvalue weighted by atomic mass is 19.2. The Hall–Kier alpha value is -1.29. The first-order valence-corrected chi connectivity index (χ1v) is 5.46. The van der Waals surface area contributed by atoms with E-state index in [1.54, 1.807) is 0 Å². The van der Waals surface area contributed by atoms with Gasteiger partial charge >= 0.3 is 0 Å². The van der Waals surface area contributed by atoms with Crippen molar-refractivity contribution in [2.75, 3.05) is 0 Å². The molecule has 94 valence electrons. The Morgan fingerprint density at radius 2 is 1.94 bits per heavy atom. The molecule has 0 heterocycles. The van der Waals surface area contributed by atoms with Gasteiger partial charge in [0.15, 0.2) is 17.4 Å². The van der Waals surface area contributed by atoms with Crippen LogP contribution in [-0.2, 0) is 0 Å². The van der Waals surface area contributed by atoms with Crippen LogP contribution in [0.25, 0.3) is 0 Å². The average molecular weight is 241 g/mol. The second-order valence-corrected chi connectivity index (χ2v) is 5.20. The van der Waals surface area contributed by atoms with Crippen LogP contribution in [0.2, 0.25) is 0 Å². The van der Waals surface area contributed by atoms with Gasteiger partial charge in [-0.3, -0.25) is 4.79 Å². The molecule has 0 saturated heterocycles. The molecule has 1 unspecified atom stereocenters. The molecule has 1 aromatic rings. The molecule has 0 saturated carbocycles. The molecule has 1 aromatic carbocycles. The number of nitrogens with two attached hydrogens (primary N) is 1. The summed E-state index contributed by atoms with van der Waals surface area (Å²) in [4.78, 5) is 11.8. The van der Waals surface area contributed by atoms with E-state index in [1.807, 2.05) is 20.8 Å². The predicted octanol–water partition coefficient (Wildman–Crippen LogP) is 2.91. The highest BCUT2D eigenvalue weighted by Crippen LogP contribution is 2.22. The molecule has 2 nitrogen and oxygen atoms in total. The second-order valence-electron chi connectivity index (χ2n) is 5.20. The van der Waals surface area contributed by atoms with Gasteiger partial charge in [0.05, 0.1) is 5.56 Å². The van der Waals surface area contributed by atoms with Crippen LogP contribution in [0.1, 0.15) is 37.6 Å². The normalized spacial score (nSPS) is 13.5. The van der Waals surface area contributed by atoms with E-state index in [2.05, 4.69) is 0 Å². The van der Waals surface area contributed by atoms with E-state index < -0.39 is 23.5 Å². The maximum absolute atomic E-state index is 13.4. The second kappa shape index (κ2) is 4.92. The minimum absolute atomic E-state index is 0.00384. The summed E-state index contributed by atoms with van der Waals surface area (Å²) in [6.45, 7) is 5.69. The lowest BCUT2D eigenvalue weighted by Crippen LogP contribution is -2.37. The van der Waals surface area contributed by atoms with Gasteiger partial charge in [-0.05, 0) is 17.5 Å². The summed E-state index contributed by atoms with van der Waals surface area (Å²) in [6, 6.07) is 3.18. The first-order chi connectivity index (χ1) is 7.73. The summed E-state index contributed by atoms with van der Waals surface area (Å²) in [6.07, 6.45) is 0.00384. The Kier molecular flexibility index (Phi) is 3.98. The van der Waals surface area contributed by atoms with Gasteiger partial charge in [-0.1, -0.05) is 26.8 Å². The highest BCUT2D eigenvalue weighted by molar-refractivity contribution is 5.96. The Labute approximate surface area is 99.8 Å². The summed E-state index contributed by atoms with van der Waals surface area (Å²) in [5.41, 5.74) is 5.36. The van der Waals surface area contributed by atoms with Crippen LogP contribution in [0, 0.1) is 17.0 Å². The Balaban J connectivity index is 2.88. The number of rotatable bonds is 3. The Morgan fingerprint density at radius 3 is 2.47 bits per heavy atom. The third-order valence-electron chi connectivity index (χ3n) is 2.77. The van der Waals surface area contributed by atoms with Gasteiger partial charge in [-0.25, -0.2) is 8.78 Å². The summed E-state index contributed by atoms with van der Waals surface area (Å²) in [5, 5.41) is 0. The highest BCUT2D eigenvalue weighted by Gasteiger charge is 2.25. The molecule has 1 atom stereocenters. The van der Waals surface area contributed by atoms with Crippen LogP contribution in [0.3, 0.4) is 0 Å². The number of carbonyl (C=O) groups excluding carboxylic acids is 1. The lowest BCUT2D eigenvalue weighted by molar-refractivity contribution is 0.0948. The van der Waals surface area contributed by atoms with Crippen molar-refractivity contribution in [3.05, 3.63) is 35.4 Å². The smallest absolute Gasteiger partial charge is 0.169 e. The number of hydrogen-bond donors (Lipinski definition) is 1. The fourth-order valence-corrected chi connectivity index (χ4v) is 1.34. The SMILES string of the molecule is CC(C)(C)C(N)CC(=O)c1cccc(F)c1F. The molecule has 0 bridgehead atoms. The van der Waals surface area contributed by atoms with Gasteiger partial charge in [0.25, 0.3) is 0 Å². The maximum Gasteiger partial charge on any atom is 0.169 e. The van der Waals surface area contributed by atoms with Crippen molar-refractivity contribution < 1.29 is 13.6 Å². The van der Waals surface area contributed by atoms with E-state index in [9.17, 15) is 13.6 Å². The van der Waals surface area contributed by atoms with Crippen molar-refractivity contribution >= 4 is 5.78 Å².